The number of aryl methyl sites for hydroxylation is 1. The molecule has 2 aromatic rings. The van der Waals surface area contributed by atoms with Crippen molar-refractivity contribution in [3.05, 3.63) is 59.2 Å². The second-order valence-electron chi connectivity index (χ2n) is 11.5. The van der Waals surface area contributed by atoms with Gasteiger partial charge in [0.25, 0.3) is 0 Å². The summed E-state index contributed by atoms with van der Waals surface area (Å²) in [6.45, 7) is 3.50. The average molecular weight is 564 g/mol. The highest BCUT2D eigenvalue weighted by Gasteiger charge is 2.45. The van der Waals surface area contributed by atoms with Gasteiger partial charge in [-0.15, -0.1) is 0 Å². The van der Waals surface area contributed by atoms with Crippen molar-refractivity contribution in [1.29, 1.82) is 5.26 Å². The maximum atomic E-state index is 13.6. The van der Waals surface area contributed by atoms with Crippen molar-refractivity contribution in [2.24, 2.45) is 11.8 Å². The van der Waals surface area contributed by atoms with Gasteiger partial charge in [-0.05, 0) is 80.7 Å². The van der Waals surface area contributed by atoms with Crippen LogP contribution in [-0.4, -0.2) is 71.2 Å². The minimum absolute atomic E-state index is 0.107. The smallest absolute Gasteiger partial charge is 0.404 e. The van der Waals surface area contributed by atoms with E-state index in [4.69, 9.17) is 9.84 Å². The number of likely N-dealkylation sites (tertiary alicyclic amines) is 1. The predicted molar refractivity (Wildman–Crippen MR) is 154 cm³/mol. The number of hydrogen-bond donors (Lipinski definition) is 4. The van der Waals surface area contributed by atoms with Gasteiger partial charge in [-0.3, -0.25) is 4.79 Å². The number of aliphatic hydroxyl groups excluding tert-OH is 1. The Hall–Kier alpha value is -3.45. The number of methoxy groups -OCH3 is 1. The van der Waals surface area contributed by atoms with Crippen LogP contribution in [0.4, 0.5) is 4.79 Å². The SMILES string of the molecule is COCCCC[C@@](O)(c1ccc(C#N)cc1-c1cccc(C)c1)[C@@H]1CCCN(C(=O)[C@@H]2C[C@@H](O)[C@H](NC(=O)O)C2)C1. The molecule has 2 fully saturated rings. The van der Waals surface area contributed by atoms with Crippen LogP contribution in [0.1, 0.15) is 61.6 Å². The summed E-state index contributed by atoms with van der Waals surface area (Å²) in [6.07, 6.45) is 1.76. The van der Waals surface area contributed by atoms with Gasteiger partial charge in [-0.2, -0.15) is 5.26 Å². The molecular formula is C32H41N3O6. The molecule has 0 radical (unpaired) electrons. The third-order valence-corrected chi connectivity index (χ3v) is 8.70. The third kappa shape index (κ3) is 7.07. The summed E-state index contributed by atoms with van der Waals surface area (Å²) in [4.78, 5) is 26.5. The zero-order chi connectivity index (χ0) is 29.6. The van der Waals surface area contributed by atoms with Gasteiger partial charge in [0.1, 0.15) is 0 Å². The molecule has 2 aliphatic rings. The van der Waals surface area contributed by atoms with Gasteiger partial charge < -0.3 is 30.3 Å². The van der Waals surface area contributed by atoms with Gasteiger partial charge >= 0.3 is 6.09 Å². The van der Waals surface area contributed by atoms with Crippen LogP contribution in [0.3, 0.4) is 0 Å². The first-order chi connectivity index (χ1) is 19.7. The number of unbranched alkanes of at least 4 members (excludes halogenated alkanes) is 1. The second kappa shape index (κ2) is 13.5. The van der Waals surface area contributed by atoms with Gasteiger partial charge in [0, 0.05) is 38.6 Å². The Morgan fingerprint density at radius 3 is 2.71 bits per heavy atom. The number of rotatable bonds is 10. The minimum Gasteiger partial charge on any atom is -0.465 e. The number of ether oxygens (including phenoxy) is 1. The van der Waals surface area contributed by atoms with Crippen molar-refractivity contribution < 1.29 is 29.6 Å². The van der Waals surface area contributed by atoms with Gasteiger partial charge in [-0.1, -0.05) is 35.9 Å². The lowest BCUT2D eigenvalue weighted by Gasteiger charge is -2.44. The van der Waals surface area contributed by atoms with Crippen molar-refractivity contribution in [2.45, 2.75) is 69.6 Å². The van der Waals surface area contributed by atoms with Crippen molar-refractivity contribution in [2.75, 3.05) is 26.8 Å². The Bertz CT molecular complexity index is 1280. The second-order valence-corrected chi connectivity index (χ2v) is 11.5. The summed E-state index contributed by atoms with van der Waals surface area (Å²) in [5, 5.41) is 44.1. The van der Waals surface area contributed by atoms with Crippen LogP contribution in [0.2, 0.25) is 0 Å². The van der Waals surface area contributed by atoms with Crippen LogP contribution in [0.5, 0.6) is 0 Å². The quantitative estimate of drug-likeness (QED) is 0.318. The van der Waals surface area contributed by atoms with E-state index in [9.17, 15) is 25.1 Å². The number of carbonyl (C=O) groups is 2. The topological polar surface area (TPSA) is 143 Å². The number of benzene rings is 2. The van der Waals surface area contributed by atoms with Gasteiger partial charge in [0.2, 0.25) is 5.91 Å². The van der Waals surface area contributed by atoms with Crippen molar-refractivity contribution >= 4 is 12.0 Å². The average Bonchev–Trinajstić information content (AvgIpc) is 3.33. The molecule has 2 amide bonds. The molecular weight excluding hydrogens is 522 g/mol. The standard InChI is InChI=1S/C32H41N3O6/c1-21-7-5-8-23(15-21)26-16-22(19-33)10-11-27(26)32(40,12-3-4-14-41-2)25-9-6-13-35(20-25)30(37)24-17-28(29(36)18-24)34-31(38)39/h5,7-8,10-11,15-16,24-25,28-29,34,36,40H,3-4,6,9,12-14,17-18,20H2,1-2H3,(H,38,39)/t24-,25+,28+,29+,32-/m0/s1. The van der Waals surface area contributed by atoms with E-state index in [1.807, 2.05) is 37.3 Å². The lowest BCUT2D eigenvalue weighted by atomic mass is 9.71. The molecule has 4 N–H and O–H groups in total. The van der Waals surface area contributed by atoms with Crippen molar-refractivity contribution in [3.8, 4) is 17.2 Å². The lowest BCUT2D eigenvalue weighted by Crippen LogP contribution is -2.49. The molecule has 220 valence electrons. The first kappa shape index (κ1) is 30.5. The Kier molecular flexibility index (Phi) is 10.0. The highest BCUT2D eigenvalue weighted by atomic mass is 16.5. The molecule has 0 spiro atoms. The maximum Gasteiger partial charge on any atom is 0.404 e. The number of carbonyl (C=O) groups excluding carboxylic acids is 1. The number of piperidine rings is 1. The van der Waals surface area contributed by atoms with Crippen LogP contribution in [0.25, 0.3) is 11.1 Å². The number of nitrogens with zero attached hydrogens (tertiary/aromatic N) is 2. The summed E-state index contributed by atoms with van der Waals surface area (Å²) in [5.41, 5.74) is 2.81. The van der Waals surface area contributed by atoms with E-state index in [0.717, 1.165) is 47.9 Å². The first-order valence-electron chi connectivity index (χ1n) is 14.5. The molecule has 0 unspecified atom stereocenters. The van der Waals surface area contributed by atoms with Crippen LogP contribution in [0, 0.1) is 30.1 Å². The van der Waals surface area contributed by atoms with E-state index >= 15 is 0 Å². The minimum atomic E-state index is -1.26. The number of hydrogen-bond acceptors (Lipinski definition) is 6. The number of nitriles is 1. The molecule has 4 rings (SSSR count). The normalized spacial score (nSPS) is 23.9. The van der Waals surface area contributed by atoms with Gasteiger partial charge in [-0.25, -0.2) is 4.79 Å². The fraction of sp³-hybridized carbons (Fsp3) is 0.531. The number of nitrogens with one attached hydrogen (secondary N) is 1. The molecule has 9 heteroatoms. The molecule has 1 saturated heterocycles. The first-order valence-corrected chi connectivity index (χ1v) is 14.5. The van der Waals surface area contributed by atoms with Gasteiger partial charge in [0.15, 0.2) is 0 Å². The molecule has 9 nitrogen and oxygen atoms in total. The van der Waals surface area contributed by atoms with E-state index in [2.05, 4.69) is 17.5 Å². The van der Waals surface area contributed by atoms with Crippen LogP contribution >= 0.6 is 0 Å². The molecule has 1 aliphatic carbocycles. The predicted octanol–water partition coefficient (Wildman–Crippen LogP) is 4.18. The Balaban J connectivity index is 1.65. The fourth-order valence-corrected chi connectivity index (χ4v) is 6.60. The molecule has 5 atom stereocenters. The number of carboxylic acid groups (broad SMARTS) is 1. The summed E-state index contributed by atoms with van der Waals surface area (Å²) < 4.78 is 5.26. The third-order valence-electron chi connectivity index (χ3n) is 8.70. The number of amides is 2. The van der Waals surface area contributed by atoms with E-state index in [1.54, 1.807) is 18.1 Å². The highest BCUT2D eigenvalue weighted by Crippen LogP contribution is 2.44. The van der Waals surface area contributed by atoms with E-state index in [0.29, 0.717) is 31.7 Å². The summed E-state index contributed by atoms with van der Waals surface area (Å²) in [6, 6.07) is 15.0. The van der Waals surface area contributed by atoms with E-state index < -0.39 is 29.8 Å². The molecule has 0 aromatic heterocycles. The molecule has 41 heavy (non-hydrogen) atoms. The van der Waals surface area contributed by atoms with Crippen LogP contribution < -0.4 is 5.32 Å². The lowest BCUT2D eigenvalue weighted by molar-refractivity contribution is -0.141. The number of aliphatic hydroxyl groups is 2. The highest BCUT2D eigenvalue weighted by molar-refractivity contribution is 5.80. The largest absolute Gasteiger partial charge is 0.465 e. The zero-order valence-electron chi connectivity index (χ0n) is 23.9. The zero-order valence-corrected chi connectivity index (χ0v) is 23.9. The van der Waals surface area contributed by atoms with Gasteiger partial charge in [0.05, 0.1) is 29.4 Å². The Morgan fingerprint density at radius 2 is 2.00 bits per heavy atom. The summed E-state index contributed by atoms with van der Waals surface area (Å²) in [7, 11) is 1.66. The fourth-order valence-electron chi connectivity index (χ4n) is 6.60. The van der Waals surface area contributed by atoms with Crippen molar-refractivity contribution in [1.82, 2.24) is 10.2 Å². The molecule has 1 heterocycles. The molecule has 0 bridgehead atoms. The molecule has 2 aromatic carbocycles. The van der Waals surface area contributed by atoms with Crippen LogP contribution in [0.15, 0.2) is 42.5 Å². The molecule has 1 saturated carbocycles. The Morgan fingerprint density at radius 1 is 1.20 bits per heavy atom. The monoisotopic (exact) mass is 563 g/mol. The maximum absolute atomic E-state index is 13.6. The summed E-state index contributed by atoms with van der Waals surface area (Å²) in [5.74, 6) is -0.837. The summed E-state index contributed by atoms with van der Waals surface area (Å²) >= 11 is 0. The van der Waals surface area contributed by atoms with Crippen LogP contribution in [-0.2, 0) is 15.1 Å². The van der Waals surface area contributed by atoms with Crippen molar-refractivity contribution in [3.63, 3.8) is 0 Å². The van der Waals surface area contributed by atoms with E-state index in [-0.39, 0.29) is 24.7 Å². The Labute approximate surface area is 241 Å². The van der Waals surface area contributed by atoms with E-state index in [1.165, 1.54) is 0 Å². The molecule has 1 aliphatic heterocycles.